The van der Waals surface area contributed by atoms with Crippen LogP contribution in [0.5, 0.6) is 0 Å². The minimum absolute atomic E-state index is 0.196. The first-order chi connectivity index (χ1) is 7.79. The van der Waals surface area contributed by atoms with Gasteiger partial charge >= 0.3 is 0 Å². The molecular formula is C14H17NO. The second kappa shape index (κ2) is 3.62. The summed E-state index contributed by atoms with van der Waals surface area (Å²) < 4.78 is 0. The lowest BCUT2D eigenvalue weighted by atomic mass is 9.82. The predicted octanol–water partition coefficient (Wildman–Crippen LogP) is 3.08. The molecular weight excluding hydrogens is 198 g/mol. The van der Waals surface area contributed by atoms with Gasteiger partial charge in [-0.2, -0.15) is 0 Å². The third kappa shape index (κ3) is 1.29. The van der Waals surface area contributed by atoms with Gasteiger partial charge in [0.15, 0.2) is 0 Å². The largest absolute Gasteiger partial charge is 0.309 e. The molecule has 1 aromatic carbocycles. The fourth-order valence-electron chi connectivity index (χ4n) is 3.39. The number of rotatable bonds is 0. The Morgan fingerprint density at radius 1 is 1.25 bits per heavy atom. The second-order valence-corrected chi connectivity index (χ2v) is 4.91. The smallest absolute Gasteiger partial charge is 0.224 e. The van der Waals surface area contributed by atoms with Gasteiger partial charge in [0, 0.05) is 24.6 Å². The molecule has 2 aliphatic rings. The number of fused-ring (bicyclic) bond motifs is 3. The van der Waals surface area contributed by atoms with Crippen molar-refractivity contribution in [1.29, 1.82) is 0 Å². The van der Waals surface area contributed by atoms with Crippen molar-refractivity contribution >= 4 is 11.6 Å². The van der Waals surface area contributed by atoms with Gasteiger partial charge in [0.2, 0.25) is 5.91 Å². The van der Waals surface area contributed by atoms with E-state index < -0.39 is 0 Å². The van der Waals surface area contributed by atoms with Crippen molar-refractivity contribution in [2.75, 3.05) is 4.90 Å². The molecule has 0 aromatic heterocycles. The molecule has 16 heavy (non-hydrogen) atoms. The highest BCUT2D eigenvalue weighted by Gasteiger charge is 2.40. The van der Waals surface area contributed by atoms with E-state index in [1.807, 2.05) is 11.0 Å². The number of nitrogens with zero attached hydrogens (tertiary/aromatic N) is 1. The maximum absolute atomic E-state index is 11.8. The molecule has 1 aliphatic heterocycles. The van der Waals surface area contributed by atoms with Crippen LogP contribution in [0.4, 0.5) is 5.69 Å². The fraction of sp³-hybridized carbons (Fsp3) is 0.500. The molecule has 1 aromatic rings. The first kappa shape index (κ1) is 9.88. The summed E-state index contributed by atoms with van der Waals surface area (Å²) in [5.41, 5.74) is 2.55. The Balaban J connectivity index is 2.09. The van der Waals surface area contributed by atoms with Gasteiger partial charge in [-0.15, -0.1) is 0 Å². The third-order valence-corrected chi connectivity index (χ3v) is 4.00. The molecule has 1 heterocycles. The van der Waals surface area contributed by atoms with Crippen LogP contribution >= 0.6 is 0 Å². The maximum Gasteiger partial charge on any atom is 0.224 e. The van der Waals surface area contributed by atoms with E-state index in [1.165, 1.54) is 31.2 Å². The molecule has 1 amide bonds. The van der Waals surface area contributed by atoms with E-state index in [0.717, 1.165) is 5.69 Å². The molecule has 1 saturated carbocycles. The summed E-state index contributed by atoms with van der Waals surface area (Å²) in [6, 6.07) is 8.85. The Morgan fingerprint density at radius 2 is 2.00 bits per heavy atom. The molecule has 0 radical (unpaired) electrons. The van der Waals surface area contributed by atoms with Crippen molar-refractivity contribution in [2.45, 2.75) is 44.6 Å². The van der Waals surface area contributed by atoms with Crippen LogP contribution in [-0.2, 0) is 4.79 Å². The van der Waals surface area contributed by atoms with Crippen molar-refractivity contribution in [3.63, 3.8) is 0 Å². The van der Waals surface area contributed by atoms with Crippen molar-refractivity contribution in [3.05, 3.63) is 29.8 Å². The Labute approximate surface area is 96.3 Å². The Kier molecular flexibility index (Phi) is 2.23. The average Bonchev–Trinajstić information content (AvgIpc) is 2.63. The number of benzene rings is 1. The van der Waals surface area contributed by atoms with Crippen molar-refractivity contribution in [1.82, 2.24) is 0 Å². The molecule has 1 fully saturated rings. The van der Waals surface area contributed by atoms with E-state index in [1.54, 1.807) is 6.92 Å². The van der Waals surface area contributed by atoms with Gasteiger partial charge in [0.05, 0.1) is 0 Å². The summed E-state index contributed by atoms with van der Waals surface area (Å²) in [7, 11) is 0. The van der Waals surface area contributed by atoms with Gasteiger partial charge in [-0.1, -0.05) is 31.0 Å². The van der Waals surface area contributed by atoms with Gasteiger partial charge in [-0.05, 0) is 24.5 Å². The SMILES string of the molecule is CC(=O)N1c2ccccc2[C@H]2CCCC[C@H]21. The number of anilines is 1. The van der Waals surface area contributed by atoms with Crippen LogP contribution in [0, 0.1) is 0 Å². The normalized spacial score (nSPS) is 27.4. The van der Waals surface area contributed by atoms with Crippen LogP contribution < -0.4 is 4.90 Å². The van der Waals surface area contributed by atoms with E-state index in [4.69, 9.17) is 0 Å². The highest BCUT2D eigenvalue weighted by atomic mass is 16.2. The van der Waals surface area contributed by atoms with Gasteiger partial charge < -0.3 is 4.90 Å². The summed E-state index contributed by atoms with van der Waals surface area (Å²) in [5.74, 6) is 0.788. The van der Waals surface area contributed by atoms with Gasteiger partial charge in [0.1, 0.15) is 0 Å². The summed E-state index contributed by atoms with van der Waals surface area (Å²) >= 11 is 0. The quantitative estimate of drug-likeness (QED) is 0.651. The van der Waals surface area contributed by atoms with E-state index in [9.17, 15) is 4.79 Å². The van der Waals surface area contributed by atoms with Gasteiger partial charge in [-0.3, -0.25) is 4.79 Å². The number of amides is 1. The molecule has 2 heteroatoms. The zero-order valence-electron chi connectivity index (χ0n) is 9.65. The van der Waals surface area contributed by atoms with Crippen LogP contribution in [-0.4, -0.2) is 11.9 Å². The standard InChI is InChI=1S/C14H17NO/c1-10(16)15-13-8-4-2-6-11(13)12-7-3-5-9-14(12)15/h2,4,6,8,12,14H,3,5,7,9H2,1H3/t12-,14-/m1/s1. The maximum atomic E-state index is 11.8. The summed E-state index contributed by atoms with van der Waals surface area (Å²) in [6.07, 6.45) is 4.98. The van der Waals surface area contributed by atoms with Crippen molar-refractivity contribution in [3.8, 4) is 0 Å². The van der Waals surface area contributed by atoms with Crippen molar-refractivity contribution < 1.29 is 4.79 Å². The summed E-state index contributed by atoms with van der Waals surface area (Å²) in [6.45, 7) is 1.69. The number of hydrogen-bond acceptors (Lipinski definition) is 1. The third-order valence-electron chi connectivity index (χ3n) is 4.00. The van der Waals surface area contributed by atoms with E-state index >= 15 is 0 Å². The molecule has 2 nitrogen and oxygen atoms in total. The van der Waals surface area contributed by atoms with E-state index in [2.05, 4.69) is 18.2 Å². The molecule has 0 bridgehead atoms. The summed E-state index contributed by atoms with van der Waals surface area (Å²) in [4.78, 5) is 13.8. The minimum Gasteiger partial charge on any atom is -0.309 e. The number of para-hydroxylation sites is 1. The van der Waals surface area contributed by atoms with E-state index in [0.29, 0.717) is 12.0 Å². The molecule has 0 saturated heterocycles. The fourth-order valence-corrected chi connectivity index (χ4v) is 3.39. The lowest BCUT2D eigenvalue weighted by Gasteiger charge is -2.31. The first-order valence-electron chi connectivity index (χ1n) is 6.18. The lowest BCUT2D eigenvalue weighted by molar-refractivity contribution is -0.117. The zero-order chi connectivity index (χ0) is 11.1. The topological polar surface area (TPSA) is 20.3 Å². The van der Waals surface area contributed by atoms with Gasteiger partial charge in [0.25, 0.3) is 0 Å². The summed E-state index contributed by atoms with van der Waals surface area (Å²) in [5, 5.41) is 0. The number of hydrogen-bond donors (Lipinski definition) is 0. The van der Waals surface area contributed by atoms with Crippen molar-refractivity contribution in [2.24, 2.45) is 0 Å². The minimum atomic E-state index is 0.196. The Bertz CT molecular complexity index is 426. The van der Waals surface area contributed by atoms with Crippen LogP contribution in [0.1, 0.15) is 44.1 Å². The molecule has 0 unspecified atom stereocenters. The highest BCUT2D eigenvalue weighted by Crippen LogP contribution is 2.47. The highest BCUT2D eigenvalue weighted by molar-refractivity contribution is 5.95. The molecule has 1 aliphatic carbocycles. The molecule has 0 spiro atoms. The molecule has 3 rings (SSSR count). The monoisotopic (exact) mass is 215 g/mol. The lowest BCUT2D eigenvalue weighted by Crippen LogP contribution is -2.39. The zero-order valence-corrected chi connectivity index (χ0v) is 9.65. The van der Waals surface area contributed by atoms with Crippen LogP contribution in [0.25, 0.3) is 0 Å². The average molecular weight is 215 g/mol. The van der Waals surface area contributed by atoms with Crippen LogP contribution in [0.3, 0.4) is 0 Å². The van der Waals surface area contributed by atoms with Gasteiger partial charge in [-0.25, -0.2) is 0 Å². The van der Waals surface area contributed by atoms with Crippen LogP contribution in [0.15, 0.2) is 24.3 Å². The number of carbonyl (C=O) groups excluding carboxylic acids is 1. The molecule has 84 valence electrons. The molecule has 0 N–H and O–H groups in total. The van der Waals surface area contributed by atoms with Crippen LogP contribution in [0.2, 0.25) is 0 Å². The predicted molar refractivity (Wildman–Crippen MR) is 64.6 cm³/mol. The first-order valence-corrected chi connectivity index (χ1v) is 6.18. The molecule has 2 atom stereocenters. The Hall–Kier alpha value is -1.31. The number of carbonyl (C=O) groups is 1. The Morgan fingerprint density at radius 3 is 2.81 bits per heavy atom. The van der Waals surface area contributed by atoms with E-state index in [-0.39, 0.29) is 5.91 Å². The second-order valence-electron chi connectivity index (χ2n) is 4.91.